The average Bonchev–Trinajstić information content (AvgIpc) is 1.78. The molecule has 0 heterocycles. The number of hydrogen-bond acceptors (Lipinski definition) is 2. The monoisotopic (exact) mass is 217 g/mol. The first-order valence-electron chi connectivity index (χ1n) is 5.23. The van der Waals surface area contributed by atoms with Crippen molar-refractivity contribution in [3.8, 4) is 0 Å². The van der Waals surface area contributed by atoms with Crippen LogP contribution in [0.5, 0.6) is 0 Å². The lowest BCUT2D eigenvalue weighted by Crippen LogP contribution is -2.31. The highest BCUT2D eigenvalue weighted by Crippen LogP contribution is 2.08. The first kappa shape index (κ1) is 16.7. The summed E-state index contributed by atoms with van der Waals surface area (Å²) in [5.74, 6) is 0. The molecule has 0 radical (unpaired) electrons. The lowest BCUT2D eigenvalue weighted by atomic mass is 10.0. The zero-order chi connectivity index (χ0) is 12.9. The molecule has 3 nitrogen and oxygen atoms in total. The predicted octanol–water partition coefficient (Wildman–Crippen LogP) is 3.54. The van der Waals surface area contributed by atoms with Gasteiger partial charge in [0, 0.05) is 14.1 Å². The minimum Gasteiger partial charge on any atom is -0.444 e. The van der Waals surface area contributed by atoms with Gasteiger partial charge in [-0.25, -0.2) is 4.79 Å². The molecule has 0 rings (SSSR count). The van der Waals surface area contributed by atoms with Crippen molar-refractivity contribution in [1.82, 2.24) is 4.90 Å². The van der Waals surface area contributed by atoms with E-state index in [4.69, 9.17) is 4.74 Å². The Balaban J connectivity index is 0. The van der Waals surface area contributed by atoms with Gasteiger partial charge in [0.1, 0.15) is 5.60 Å². The molecule has 0 aromatic carbocycles. The predicted molar refractivity (Wildman–Crippen MR) is 65.1 cm³/mol. The maximum atomic E-state index is 10.9. The highest BCUT2D eigenvalue weighted by molar-refractivity contribution is 5.67. The smallest absolute Gasteiger partial charge is 0.409 e. The minimum atomic E-state index is -0.388. The number of hydrogen-bond donors (Lipinski definition) is 0. The van der Waals surface area contributed by atoms with Crippen LogP contribution in [0.25, 0.3) is 0 Å². The quantitative estimate of drug-likeness (QED) is 0.621. The van der Waals surface area contributed by atoms with Gasteiger partial charge in [-0.2, -0.15) is 0 Å². The molecule has 0 aromatic rings. The van der Waals surface area contributed by atoms with Crippen LogP contribution in [0.1, 0.15) is 48.5 Å². The molecule has 0 aliphatic heterocycles. The van der Waals surface area contributed by atoms with Gasteiger partial charge in [-0.3, -0.25) is 0 Å². The van der Waals surface area contributed by atoms with Gasteiger partial charge in [0.05, 0.1) is 0 Å². The van der Waals surface area contributed by atoms with E-state index in [1.807, 2.05) is 20.8 Å². The molecule has 0 aliphatic carbocycles. The van der Waals surface area contributed by atoms with Gasteiger partial charge in [-0.05, 0) is 26.2 Å². The average molecular weight is 217 g/mol. The summed E-state index contributed by atoms with van der Waals surface area (Å²) < 4.78 is 4.99. The van der Waals surface area contributed by atoms with E-state index >= 15 is 0 Å². The Bertz CT molecular complexity index is 179. The summed E-state index contributed by atoms with van der Waals surface area (Å²) >= 11 is 0. The summed E-state index contributed by atoms with van der Waals surface area (Å²) in [6.07, 6.45) is -0.299. The lowest BCUT2D eigenvalue weighted by Gasteiger charge is -2.22. The zero-order valence-corrected chi connectivity index (χ0v) is 11.8. The first-order valence-corrected chi connectivity index (χ1v) is 5.23. The highest BCUT2D eigenvalue weighted by atomic mass is 16.6. The SMILES string of the molecule is CC(C)(C)C.CN(C)C(=O)OC(C)(C)C. The number of rotatable bonds is 0. The third kappa shape index (κ3) is 24.6. The van der Waals surface area contributed by atoms with Crippen molar-refractivity contribution >= 4 is 6.09 Å². The summed E-state index contributed by atoms with van der Waals surface area (Å²) in [5.41, 5.74) is 0.112. The van der Waals surface area contributed by atoms with Crippen molar-refractivity contribution in [3.05, 3.63) is 0 Å². The van der Waals surface area contributed by atoms with Crippen molar-refractivity contribution in [2.24, 2.45) is 5.41 Å². The van der Waals surface area contributed by atoms with Crippen molar-refractivity contribution in [2.45, 2.75) is 54.1 Å². The molecule has 0 unspecified atom stereocenters. The summed E-state index contributed by atoms with van der Waals surface area (Å²) in [4.78, 5) is 12.3. The molecule has 0 fully saturated rings. The molecule has 0 aromatic heterocycles. The number of ether oxygens (including phenoxy) is 1. The summed E-state index contributed by atoms with van der Waals surface area (Å²) in [6, 6.07) is 0. The summed E-state index contributed by atoms with van der Waals surface area (Å²) in [5, 5.41) is 0. The lowest BCUT2D eigenvalue weighted by molar-refractivity contribution is 0.0341. The van der Waals surface area contributed by atoms with Crippen LogP contribution in [0.15, 0.2) is 0 Å². The maximum absolute atomic E-state index is 10.9. The molecule has 15 heavy (non-hydrogen) atoms. The van der Waals surface area contributed by atoms with Crippen molar-refractivity contribution in [2.75, 3.05) is 14.1 Å². The molecule has 0 atom stereocenters. The Labute approximate surface area is 94.8 Å². The Morgan fingerprint density at radius 1 is 0.933 bits per heavy atom. The minimum absolute atomic E-state index is 0.299. The third-order valence-corrected chi connectivity index (χ3v) is 0.759. The Hall–Kier alpha value is -0.730. The molecular formula is C12H27NO2. The van der Waals surface area contributed by atoms with Crippen LogP contribution in [0, 0.1) is 5.41 Å². The molecule has 0 spiro atoms. The van der Waals surface area contributed by atoms with E-state index < -0.39 is 0 Å². The van der Waals surface area contributed by atoms with Gasteiger partial charge in [-0.1, -0.05) is 27.7 Å². The molecule has 0 saturated carbocycles. The second kappa shape index (κ2) is 5.99. The molecule has 0 bridgehead atoms. The Morgan fingerprint density at radius 3 is 1.27 bits per heavy atom. The van der Waals surface area contributed by atoms with E-state index in [2.05, 4.69) is 27.7 Å². The van der Waals surface area contributed by atoms with Crippen LogP contribution >= 0.6 is 0 Å². The first-order chi connectivity index (χ1) is 6.33. The van der Waals surface area contributed by atoms with Crippen LogP contribution in [0.3, 0.4) is 0 Å². The van der Waals surface area contributed by atoms with Crippen LogP contribution in [0.2, 0.25) is 0 Å². The van der Waals surface area contributed by atoms with Crippen LogP contribution < -0.4 is 0 Å². The number of nitrogens with zero attached hydrogens (tertiary/aromatic N) is 1. The van der Waals surface area contributed by atoms with Crippen LogP contribution in [-0.4, -0.2) is 30.7 Å². The standard InChI is InChI=1S/C7H15NO2.C5H12/c1-7(2,3)10-6(9)8(4)5;1-5(2,3)4/h1-5H3;1-4H3. The van der Waals surface area contributed by atoms with Gasteiger partial charge in [0.15, 0.2) is 0 Å². The van der Waals surface area contributed by atoms with Gasteiger partial charge in [0.2, 0.25) is 0 Å². The fourth-order valence-corrected chi connectivity index (χ4v) is 0.353. The molecule has 92 valence electrons. The fraction of sp³-hybridized carbons (Fsp3) is 0.917. The Morgan fingerprint density at radius 2 is 1.20 bits per heavy atom. The maximum Gasteiger partial charge on any atom is 0.409 e. The van der Waals surface area contributed by atoms with Crippen molar-refractivity contribution in [3.63, 3.8) is 0 Å². The van der Waals surface area contributed by atoms with E-state index in [0.29, 0.717) is 5.41 Å². The van der Waals surface area contributed by atoms with Crippen LogP contribution in [0.4, 0.5) is 4.79 Å². The topological polar surface area (TPSA) is 29.5 Å². The molecule has 0 saturated heterocycles. The summed E-state index contributed by atoms with van der Waals surface area (Å²) in [7, 11) is 3.32. The van der Waals surface area contributed by atoms with Crippen molar-refractivity contribution in [1.29, 1.82) is 0 Å². The Kier molecular flexibility index (Phi) is 6.66. The number of amides is 1. The third-order valence-electron chi connectivity index (χ3n) is 0.759. The zero-order valence-electron chi connectivity index (χ0n) is 11.8. The summed E-state index contributed by atoms with van der Waals surface area (Å²) in [6.45, 7) is 14.3. The molecule has 0 N–H and O–H groups in total. The molecule has 0 aliphatic rings. The normalized spacial score (nSPS) is 11.3. The van der Waals surface area contributed by atoms with Crippen molar-refractivity contribution < 1.29 is 9.53 Å². The molecule has 1 amide bonds. The van der Waals surface area contributed by atoms with Gasteiger partial charge in [0.25, 0.3) is 0 Å². The number of carbonyl (C=O) groups excluding carboxylic acids is 1. The van der Waals surface area contributed by atoms with Crippen LogP contribution in [-0.2, 0) is 4.74 Å². The van der Waals surface area contributed by atoms with Gasteiger partial charge in [-0.15, -0.1) is 0 Å². The van der Waals surface area contributed by atoms with E-state index in [1.165, 1.54) is 4.90 Å². The number of carbonyl (C=O) groups is 1. The van der Waals surface area contributed by atoms with E-state index in [1.54, 1.807) is 14.1 Å². The second-order valence-electron chi connectivity index (χ2n) is 6.37. The van der Waals surface area contributed by atoms with E-state index in [9.17, 15) is 4.79 Å². The molecule has 3 heteroatoms. The fourth-order valence-electron chi connectivity index (χ4n) is 0.353. The van der Waals surface area contributed by atoms with Gasteiger partial charge < -0.3 is 9.64 Å². The second-order valence-corrected chi connectivity index (χ2v) is 6.37. The van der Waals surface area contributed by atoms with Gasteiger partial charge >= 0.3 is 6.09 Å². The molecular weight excluding hydrogens is 190 g/mol. The van der Waals surface area contributed by atoms with E-state index in [-0.39, 0.29) is 11.7 Å². The van der Waals surface area contributed by atoms with E-state index in [0.717, 1.165) is 0 Å². The highest BCUT2D eigenvalue weighted by Gasteiger charge is 2.16. The largest absolute Gasteiger partial charge is 0.444 e.